The van der Waals surface area contributed by atoms with Gasteiger partial charge < -0.3 is 0 Å². The molecule has 0 heterocycles. The third-order valence-electron chi connectivity index (χ3n) is 2.27. The lowest BCUT2D eigenvalue weighted by Crippen LogP contribution is -1.90. The van der Waals surface area contributed by atoms with Crippen molar-refractivity contribution in [3.8, 4) is 11.1 Å². The van der Waals surface area contributed by atoms with E-state index in [1.165, 1.54) is 24.3 Å². The Morgan fingerprint density at radius 2 is 1.56 bits per heavy atom. The van der Waals surface area contributed by atoms with Crippen LogP contribution < -0.4 is 0 Å². The summed E-state index contributed by atoms with van der Waals surface area (Å²) in [7, 11) is 0. The van der Waals surface area contributed by atoms with Crippen LogP contribution in [0.1, 0.15) is 10.4 Å². The van der Waals surface area contributed by atoms with Crippen molar-refractivity contribution in [1.29, 1.82) is 0 Å². The first kappa shape index (κ1) is 10.5. The summed E-state index contributed by atoms with van der Waals surface area (Å²) in [4.78, 5) is 10.6. The highest BCUT2D eigenvalue weighted by Gasteiger charge is 2.10. The molecule has 0 radical (unpaired) electrons. The van der Waals surface area contributed by atoms with Gasteiger partial charge in [0, 0.05) is 5.56 Å². The second-order valence-electron chi connectivity index (χ2n) is 3.34. The number of aldehydes is 1. The van der Waals surface area contributed by atoms with Gasteiger partial charge in [-0.05, 0) is 23.8 Å². The van der Waals surface area contributed by atoms with Crippen molar-refractivity contribution in [2.75, 3.05) is 0 Å². The Bertz CT molecular complexity index is 515. The maximum absolute atomic E-state index is 13.4. The molecule has 80 valence electrons. The summed E-state index contributed by atoms with van der Waals surface area (Å²) < 4.78 is 26.9. The van der Waals surface area contributed by atoms with Gasteiger partial charge >= 0.3 is 0 Å². The zero-order chi connectivity index (χ0) is 11.5. The van der Waals surface area contributed by atoms with Gasteiger partial charge in [0.25, 0.3) is 0 Å². The van der Waals surface area contributed by atoms with E-state index in [0.29, 0.717) is 17.4 Å². The molecule has 0 saturated carbocycles. The van der Waals surface area contributed by atoms with Gasteiger partial charge in [-0.25, -0.2) is 8.78 Å². The number of carbonyl (C=O) groups excluding carboxylic acids is 1. The van der Waals surface area contributed by atoms with Gasteiger partial charge in [0.1, 0.15) is 17.9 Å². The second-order valence-corrected chi connectivity index (χ2v) is 3.34. The normalized spacial score (nSPS) is 10.1. The van der Waals surface area contributed by atoms with E-state index >= 15 is 0 Å². The fourth-order valence-corrected chi connectivity index (χ4v) is 1.54. The van der Waals surface area contributed by atoms with E-state index in [4.69, 9.17) is 0 Å². The maximum atomic E-state index is 13.4. The van der Waals surface area contributed by atoms with Gasteiger partial charge in [-0.15, -0.1) is 0 Å². The minimum Gasteiger partial charge on any atom is -0.298 e. The Morgan fingerprint density at radius 1 is 0.938 bits per heavy atom. The standard InChI is InChI=1S/C13H8F2O/c14-11-5-2-6-12(15)13(11)10-4-1-3-9(7-10)8-16/h1-8H. The van der Waals surface area contributed by atoms with Gasteiger partial charge in [0.05, 0.1) is 5.56 Å². The molecule has 0 amide bonds. The van der Waals surface area contributed by atoms with Crippen LogP contribution in [0.5, 0.6) is 0 Å². The van der Waals surface area contributed by atoms with Crippen LogP contribution in [0.4, 0.5) is 8.78 Å². The number of hydrogen-bond donors (Lipinski definition) is 0. The van der Waals surface area contributed by atoms with E-state index in [0.717, 1.165) is 0 Å². The molecule has 16 heavy (non-hydrogen) atoms. The molecule has 0 aromatic heterocycles. The summed E-state index contributed by atoms with van der Waals surface area (Å²) in [5.41, 5.74) is 0.645. The van der Waals surface area contributed by atoms with Crippen molar-refractivity contribution >= 4 is 6.29 Å². The van der Waals surface area contributed by atoms with E-state index in [9.17, 15) is 13.6 Å². The molecule has 0 fully saturated rings. The lowest BCUT2D eigenvalue weighted by atomic mass is 10.0. The van der Waals surface area contributed by atoms with Crippen molar-refractivity contribution in [2.24, 2.45) is 0 Å². The first-order chi connectivity index (χ1) is 7.72. The molecule has 2 rings (SSSR count). The Kier molecular flexibility index (Phi) is 2.77. The molecular formula is C13H8F2O. The molecule has 0 aliphatic rings. The zero-order valence-corrected chi connectivity index (χ0v) is 8.28. The molecule has 0 bridgehead atoms. The number of rotatable bonds is 2. The van der Waals surface area contributed by atoms with Crippen LogP contribution in [0.2, 0.25) is 0 Å². The number of benzene rings is 2. The summed E-state index contributed by atoms with van der Waals surface area (Å²) in [6, 6.07) is 9.86. The third kappa shape index (κ3) is 1.84. The number of carbonyl (C=O) groups is 1. The van der Waals surface area contributed by atoms with Crippen LogP contribution in [0, 0.1) is 11.6 Å². The van der Waals surface area contributed by atoms with Gasteiger partial charge in [-0.1, -0.05) is 24.3 Å². The number of hydrogen-bond acceptors (Lipinski definition) is 1. The third-order valence-corrected chi connectivity index (χ3v) is 2.27. The van der Waals surface area contributed by atoms with Crippen molar-refractivity contribution < 1.29 is 13.6 Å². The second kappa shape index (κ2) is 4.23. The molecule has 3 heteroatoms. The molecule has 1 nitrogen and oxygen atoms in total. The Labute approximate surface area is 91.3 Å². The first-order valence-corrected chi connectivity index (χ1v) is 4.72. The fourth-order valence-electron chi connectivity index (χ4n) is 1.54. The van der Waals surface area contributed by atoms with E-state index in [2.05, 4.69) is 0 Å². The minimum absolute atomic E-state index is 0.105. The summed E-state index contributed by atoms with van der Waals surface area (Å²) in [5.74, 6) is -1.27. The smallest absolute Gasteiger partial charge is 0.150 e. The van der Waals surface area contributed by atoms with Crippen LogP contribution >= 0.6 is 0 Å². The summed E-state index contributed by atoms with van der Waals surface area (Å²) >= 11 is 0. The van der Waals surface area contributed by atoms with E-state index < -0.39 is 11.6 Å². The molecule has 0 spiro atoms. The van der Waals surface area contributed by atoms with Crippen LogP contribution in [-0.2, 0) is 0 Å². The van der Waals surface area contributed by atoms with Gasteiger partial charge in [-0.3, -0.25) is 4.79 Å². The largest absolute Gasteiger partial charge is 0.298 e. The van der Waals surface area contributed by atoms with E-state index in [1.54, 1.807) is 18.2 Å². The van der Waals surface area contributed by atoms with Gasteiger partial charge in [0.2, 0.25) is 0 Å². The zero-order valence-electron chi connectivity index (χ0n) is 8.28. The number of halogens is 2. The predicted octanol–water partition coefficient (Wildman–Crippen LogP) is 3.44. The lowest BCUT2D eigenvalue weighted by Gasteiger charge is -2.05. The van der Waals surface area contributed by atoms with Crippen LogP contribution in [-0.4, -0.2) is 6.29 Å². The highest BCUT2D eigenvalue weighted by atomic mass is 19.1. The van der Waals surface area contributed by atoms with E-state index in [1.807, 2.05) is 0 Å². The van der Waals surface area contributed by atoms with Crippen LogP contribution in [0.25, 0.3) is 11.1 Å². The average molecular weight is 218 g/mol. The van der Waals surface area contributed by atoms with Crippen molar-refractivity contribution in [3.05, 3.63) is 59.7 Å². The Morgan fingerprint density at radius 3 is 2.19 bits per heavy atom. The SMILES string of the molecule is O=Cc1cccc(-c2c(F)cccc2F)c1. The molecule has 0 aliphatic carbocycles. The first-order valence-electron chi connectivity index (χ1n) is 4.72. The van der Waals surface area contributed by atoms with E-state index in [-0.39, 0.29) is 5.56 Å². The van der Waals surface area contributed by atoms with Gasteiger partial charge in [0.15, 0.2) is 0 Å². The molecule has 0 saturated heterocycles. The molecule has 0 aliphatic heterocycles. The molecule has 2 aromatic carbocycles. The van der Waals surface area contributed by atoms with Crippen molar-refractivity contribution in [1.82, 2.24) is 0 Å². The highest BCUT2D eigenvalue weighted by Crippen LogP contribution is 2.26. The highest BCUT2D eigenvalue weighted by molar-refractivity contribution is 5.79. The predicted molar refractivity (Wildman–Crippen MR) is 57.2 cm³/mol. The van der Waals surface area contributed by atoms with Gasteiger partial charge in [-0.2, -0.15) is 0 Å². The Hall–Kier alpha value is -2.03. The molecule has 2 aromatic rings. The summed E-state index contributed by atoms with van der Waals surface area (Å²) in [5, 5.41) is 0. The van der Waals surface area contributed by atoms with Crippen LogP contribution in [0.3, 0.4) is 0 Å². The lowest BCUT2D eigenvalue weighted by molar-refractivity contribution is 0.112. The summed E-state index contributed by atoms with van der Waals surface area (Å²) in [6.45, 7) is 0. The molecule has 0 N–H and O–H groups in total. The van der Waals surface area contributed by atoms with Crippen LogP contribution in [0.15, 0.2) is 42.5 Å². The topological polar surface area (TPSA) is 17.1 Å². The molecular weight excluding hydrogens is 210 g/mol. The van der Waals surface area contributed by atoms with Crippen molar-refractivity contribution in [2.45, 2.75) is 0 Å². The average Bonchev–Trinajstić information content (AvgIpc) is 2.29. The monoisotopic (exact) mass is 218 g/mol. The minimum atomic E-state index is -0.636. The van der Waals surface area contributed by atoms with Crippen molar-refractivity contribution in [3.63, 3.8) is 0 Å². The quantitative estimate of drug-likeness (QED) is 0.705. The maximum Gasteiger partial charge on any atom is 0.150 e. The Balaban J connectivity index is 2.62. The molecule has 0 atom stereocenters. The summed E-state index contributed by atoms with van der Waals surface area (Å²) in [6.07, 6.45) is 0.641. The molecule has 0 unspecified atom stereocenters. The fraction of sp³-hybridized carbons (Fsp3) is 0.